The Hall–Kier alpha value is -2.04. The van der Waals surface area contributed by atoms with Crippen molar-refractivity contribution < 1.29 is 9.53 Å². The van der Waals surface area contributed by atoms with E-state index in [-0.39, 0.29) is 24.4 Å². The third-order valence-corrected chi connectivity index (χ3v) is 3.33. The van der Waals surface area contributed by atoms with Crippen molar-refractivity contribution in [2.75, 3.05) is 5.32 Å². The molecule has 2 aromatic carbocycles. The zero-order chi connectivity index (χ0) is 16.2. The lowest BCUT2D eigenvalue weighted by Gasteiger charge is -2.24. The monoisotopic (exact) mass is 334 g/mol. The Morgan fingerprint density at radius 1 is 1.09 bits per heavy atom. The van der Waals surface area contributed by atoms with E-state index < -0.39 is 5.54 Å². The quantitative estimate of drug-likeness (QED) is 0.876. The second-order valence-electron chi connectivity index (χ2n) is 5.71. The van der Waals surface area contributed by atoms with E-state index in [9.17, 15) is 4.79 Å². The van der Waals surface area contributed by atoms with Crippen molar-refractivity contribution in [3.8, 4) is 5.75 Å². The van der Waals surface area contributed by atoms with Crippen LogP contribution in [0.2, 0.25) is 0 Å². The molecule has 5 heteroatoms. The lowest BCUT2D eigenvalue weighted by Crippen LogP contribution is -2.45. The van der Waals surface area contributed by atoms with Gasteiger partial charge in [-0.3, -0.25) is 4.79 Å². The average Bonchev–Trinajstić information content (AvgIpc) is 2.49. The van der Waals surface area contributed by atoms with Crippen molar-refractivity contribution in [3.63, 3.8) is 0 Å². The first-order valence-electron chi connectivity index (χ1n) is 7.32. The fourth-order valence-electron chi connectivity index (χ4n) is 2.07. The molecule has 1 unspecified atom stereocenters. The van der Waals surface area contributed by atoms with Crippen LogP contribution in [0.25, 0.3) is 0 Å². The van der Waals surface area contributed by atoms with Crippen molar-refractivity contribution in [1.82, 2.24) is 0 Å². The number of benzene rings is 2. The molecular weight excluding hydrogens is 312 g/mol. The summed E-state index contributed by atoms with van der Waals surface area (Å²) < 4.78 is 5.57. The smallest absolute Gasteiger partial charge is 0.248 e. The van der Waals surface area contributed by atoms with Crippen molar-refractivity contribution in [2.45, 2.75) is 32.4 Å². The number of carbonyl (C=O) groups excluding carboxylic acids is 1. The summed E-state index contributed by atoms with van der Waals surface area (Å²) in [4.78, 5) is 12.4. The molecule has 2 rings (SSSR count). The molecule has 0 aliphatic heterocycles. The van der Waals surface area contributed by atoms with Crippen LogP contribution in [-0.2, 0) is 10.3 Å². The Labute approximate surface area is 143 Å². The van der Waals surface area contributed by atoms with Crippen molar-refractivity contribution in [1.29, 1.82) is 0 Å². The molecule has 0 saturated heterocycles. The van der Waals surface area contributed by atoms with Crippen LogP contribution in [0.5, 0.6) is 5.75 Å². The highest BCUT2D eigenvalue weighted by Gasteiger charge is 2.30. The number of hydrogen-bond donors (Lipinski definition) is 2. The van der Waals surface area contributed by atoms with Gasteiger partial charge in [0.1, 0.15) is 11.3 Å². The topological polar surface area (TPSA) is 64.3 Å². The fourth-order valence-corrected chi connectivity index (χ4v) is 2.07. The second-order valence-corrected chi connectivity index (χ2v) is 5.71. The summed E-state index contributed by atoms with van der Waals surface area (Å²) in [6.07, 6.45) is 0.117. The molecule has 1 atom stereocenters. The van der Waals surface area contributed by atoms with Gasteiger partial charge in [0.25, 0.3) is 0 Å². The average molecular weight is 335 g/mol. The number of rotatable bonds is 5. The molecule has 0 aliphatic carbocycles. The van der Waals surface area contributed by atoms with Gasteiger partial charge >= 0.3 is 0 Å². The Balaban J connectivity index is 0.00000264. The van der Waals surface area contributed by atoms with Gasteiger partial charge in [-0.2, -0.15) is 0 Å². The molecule has 0 aromatic heterocycles. The molecule has 23 heavy (non-hydrogen) atoms. The van der Waals surface area contributed by atoms with E-state index in [1.165, 1.54) is 0 Å². The third kappa shape index (κ3) is 4.98. The predicted octanol–water partition coefficient (Wildman–Crippen LogP) is 3.71. The number of ether oxygens (including phenoxy) is 1. The van der Waals surface area contributed by atoms with E-state index in [1.807, 2.05) is 56.3 Å². The summed E-state index contributed by atoms with van der Waals surface area (Å²) in [5.74, 6) is 0.516. The number of nitrogens with one attached hydrogen (secondary N) is 1. The molecule has 4 nitrogen and oxygen atoms in total. The summed E-state index contributed by atoms with van der Waals surface area (Å²) in [7, 11) is 0. The predicted molar refractivity (Wildman–Crippen MR) is 96.1 cm³/mol. The normalized spacial score (nSPS) is 12.9. The largest absolute Gasteiger partial charge is 0.491 e. The Kier molecular flexibility index (Phi) is 6.61. The zero-order valence-electron chi connectivity index (χ0n) is 13.6. The van der Waals surface area contributed by atoms with Crippen molar-refractivity contribution >= 4 is 24.0 Å². The van der Waals surface area contributed by atoms with Crippen LogP contribution < -0.4 is 15.8 Å². The zero-order valence-corrected chi connectivity index (χ0v) is 14.4. The molecule has 0 fully saturated rings. The van der Waals surface area contributed by atoms with E-state index >= 15 is 0 Å². The van der Waals surface area contributed by atoms with E-state index in [4.69, 9.17) is 10.5 Å². The molecule has 0 spiro atoms. The highest BCUT2D eigenvalue weighted by Crippen LogP contribution is 2.21. The molecule has 1 amide bonds. The van der Waals surface area contributed by atoms with Crippen LogP contribution in [0.3, 0.4) is 0 Å². The SMILES string of the molecule is CC(C)Oc1ccc(NC(=O)C(C)(N)c2ccccc2)cc1.Cl. The minimum atomic E-state index is -1.09. The van der Waals surface area contributed by atoms with Gasteiger partial charge in [0.15, 0.2) is 0 Å². The van der Waals surface area contributed by atoms with E-state index in [0.29, 0.717) is 5.69 Å². The van der Waals surface area contributed by atoms with Crippen LogP contribution >= 0.6 is 12.4 Å². The van der Waals surface area contributed by atoms with Gasteiger partial charge in [0.05, 0.1) is 6.10 Å². The first-order chi connectivity index (χ1) is 10.4. The molecule has 2 aromatic rings. The van der Waals surface area contributed by atoms with Crippen LogP contribution in [0, 0.1) is 0 Å². The van der Waals surface area contributed by atoms with Gasteiger partial charge in [-0.05, 0) is 50.6 Å². The number of amides is 1. The van der Waals surface area contributed by atoms with Crippen molar-refractivity contribution in [2.24, 2.45) is 5.73 Å². The van der Waals surface area contributed by atoms with Crippen LogP contribution in [0.4, 0.5) is 5.69 Å². The number of halogens is 1. The highest BCUT2D eigenvalue weighted by atomic mass is 35.5. The van der Waals surface area contributed by atoms with E-state index in [1.54, 1.807) is 19.1 Å². The van der Waals surface area contributed by atoms with Crippen molar-refractivity contribution in [3.05, 3.63) is 60.2 Å². The fraction of sp³-hybridized carbons (Fsp3) is 0.278. The molecular formula is C18H23ClN2O2. The third-order valence-electron chi connectivity index (χ3n) is 3.33. The number of hydrogen-bond acceptors (Lipinski definition) is 3. The molecule has 0 radical (unpaired) electrons. The molecule has 124 valence electrons. The van der Waals surface area contributed by atoms with Gasteiger partial charge in [0, 0.05) is 5.69 Å². The molecule has 0 heterocycles. The van der Waals surface area contributed by atoms with E-state index in [0.717, 1.165) is 11.3 Å². The summed E-state index contributed by atoms with van der Waals surface area (Å²) >= 11 is 0. The van der Waals surface area contributed by atoms with Crippen LogP contribution in [-0.4, -0.2) is 12.0 Å². The molecule has 0 bridgehead atoms. The highest BCUT2D eigenvalue weighted by molar-refractivity contribution is 5.98. The first-order valence-corrected chi connectivity index (χ1v) is 7.32. The van der Waals surface area contributed by atoms with Gasteiger partial charge in [-0.1, -0.05) is 30.3 Å². The Bertz CT molecular complexity index is 625. The summed E-state index contributed by atoms with van der Waals surface area (Å²) in [6.45, 7) is 5.64. The lowest BCUT2D eigenvalue weighted by atomic mass is 9.92. The standard InChI is InChI=1S/C18H22N2O2.ClH/c1-13(2)22-16-11-9-15(10-12-16)20-17(21)18(3,19)14-7-5-4-6-8-14;/h4-13H,19H2,1-3H3,(H,20,21);1H. The molecule has 0 saturated carbocycles. The number of nitrogens with two attached hydrogens (primary N) is 1. The van der Waals surface area contributed by atoms with Gasteiger partial charge < -0.3 is 15.8 Å². The Morgan fingerprint density at radius 2 is 1.65 bits per heavy atom. The number of anilines is 1. The van der Waals surface area contributed by atoms with E-state index in [2.05, 4.69) is 5.32 Å². The van der Waals surface area contributed by atoms with Crippen LogP contribution in [0.15, 0.2) is 54.6 Å². The summed E-state index contributed by atoms with van der Waals surface area (Å²) in [5.41, 5.74) is 6.56. The van der Waals surface area contributed by atoms with Crippen LogP contribution in [0.1, 0.15) is 26.3 Å². The molecule has 0 aliphatic rings. The first kappa shape index (κ1) is 19.0. The minimum Gasteiger partial charge on any atom is -0.491 e. The summed E-state index contributed by atoms with van der Waals surface area (Å²) in [6, 6.07) is 16.6. The van der Waals surface area contributed by atoms with Gasteiger partial charge in [0.2, 0.25) is 5.91 Å². The summed E-state index contributed by atoms with van der Waals surface area (Å²) in [5, 5.41) is 2.84. The molecule has 3 N–H and O–H groups in total. The minimum absolute atomic E-state index is 0. The Morgan fingerprint density at radius 3 is 2.17 bits per heavy atom. The maximum absolute atomic E-state index is 12.4. The maximum Gasteiger partial charge on any atom is 0.248 e. The lowest BCUT2D eigenvalue weighted by molar-refractivity contribution is -0.120. The maximum atomic E-state index is 12.4. The van der Waals surface area contributed by atoms with Gasteiger partial charge in [-0.25, -0.2) is 0 Å². The number of carbonyl (C=O) groups is 1. The second kappa shape index (κ2) is 7.99. The van der Waals surface area contributed by atoms with Gasteiger partial charge in [-0.15, -0.1) is 12.4 Å².